The van der Waals surface area contributed by atoms with Crippen LogP contribution < -0.4 is 31.6 Å². The highest BCUT2D eigenvalue weighted by Crippen LogP contribution is 2.49. The largest absolute Gasteiger partial charge is 0.507 e. The summed E-state index contributed by atoms with van der Waals surface area (Å²) in [7, 11) is 0. The first kappa shape index (κ1) is 42.0. The van der Waals surface area contributed by atoms with Gasteiger partial charge in [-0.2, -0.15) is 0 Å². The first-order valence-corrected chi connectivity index (χ1v) is 19.0. The van der Waals surface area contributed by atoms with Gasteiger partial charge in [-0.25, -0.2) is 0 Å². The lowest BCUT2D eigenvalue weighted by molar-refractivity contribution is -0.0895. The summed E-state index contributed by atoms with van der Waals surface area (Å²) in [4.78, 5) is 0. The van der Waals surface area contributed by atoms with Crippen LogP contribution in [0.1, 0.15) is 107 Å². The second-order valence-corrected chi connectivity index (χ2v) is 16.0. The van der Waals surface area contributed by atoms with Crippen LogP contribution in [0.4, 0.5) is 11.4 Å². The van der Waals surface area contributed by atoms with Crippen LogP contribution in [-0.4, -0.2) is 33.3 Å². The van der Waals surface area contributed by atoms with Crippen LogP contribution in [0.15, 0.2) is 48.5 Å². The van der Waals surface area contributed by atoms with E-state index in [0.717, 1.165) is 80.0 Å². The number of hydrogen-bond donors (Lipinski definition) is 8. The Hall–Kier alpha value is -5.13. The minimum atomic E-state index is -0.636. The van der Waals surface area contributed by atoms with Crippen molar-refractivity contribution in [2.75, 3.05) is 10.6 Å². The highest BCUT2D eigenvalue weighted by atomic mass is 35.5. The average Bonchev–Trinajstić information content (AvgIpc) is 3.13. The van der Waals surface area contributed by atoms with E-state index in [1.54, 1.807) is 0 Å². The number of nitrogens with one attached hydrogen (secondary N) is 4. The number of rotatable bonds is 10. The molecule has 0 amide bonds. The summed E-state index contributed by atoms with van der Waals surface area (Å²) in [6.45, 7) is 16.0. The lowest BCUT2D eigenvalue weighted by atomic mass is 9.82. The van der Waals surface area contributed by atoms with Crippen LogP contribution in [0.5, 0.6) is 23.0 Å². The summed E-state index contributed by atoms with van der Waals surface area (Å²) in [5, 5.41) is 43.3. The van der Waals surface area contributed by atoms with Crippen LogP contribution in [0.25, 0.3) is 0 Å². The smallest absolute Gasteiger partial charge is 0.190 e. The molecule has 300 valence electrons. The fourth-order valence-electron chi connectivity index (χ4n) is 8.29. The van der Waals surface area contributed by atoms with E-state index in [1.165, 1.54) is 0 Å². The number of nitrogens with two attached hydrogens (primary N) is 2. The van der Waals surface area contributed by atoms with Crippen LogP contribution in [0.2, 0.25) is 0 Å². The van der Waals surface area contributed by atoms with Crippen molar-refractivity contribution in [3.05, 3.63) is 104 Å². The molecular weight excluding hydrogens is 728 g/mol. The zero-order valence-corrected chi connectivity index (χ0v) is 34.5. The van der Waals surface area contributed by atoms with Gasteiger partial charge in [-0.1, -0.05) is 24.3 Å². The minimum absolute atomic E-state index is 0. The minimum Gasteiger partial charge on any atom is -0.507 e. The predicted octanol–water partition coefficient (Wildman–Crippen LogP) is 9.13. The fourth-order valence-corrected chi connectivity index (χ4v) is 8.29. The van der Waals surface area contributed by atoms with Gasteiger partial charge in [-0.05, 0) is 150 Å². The first-order chi connectivity index (χ1) is 25.9. The quantitative estimate of drug-likeness (QED) is 0.0572. The topological polar surface area (TPSA) is 192 Å². The number of aromatic hydroxyl groups is 2. The van der Waals surface area contributed by atoms with E-state index < -0.39 is 23.4 Å². The van der Waals surface area contributed by atoms with Crippen molar-refractivity contribution < 1.29 is 24.4 Å². The Bertz CT molecular complexity index is 2020. The van der Waals surface area contributed by atoms with Gasteiger partial charge in [0.05, 0.1) is 12.2 Å². The molecule has 0 aliphatic carbocycles. The molecule has 0 fully saturated rings. The van der Waals surface area contributed by atoms with Crippen molar-refractivity contribution >= 4 is 35.7 Å². The summed E-state index contributed by atoms with van der Waals surface area (Å²) < 4.78 is 21.3. The maximum Gasteiger partial charge on any atom is 0.190 e. The zero-order chi connectivity index (χ0) is 40.0. The maximum atomic E-state index is 10.8. The monoisotopic (exact) mass is 784 g/mol. The number of phenolic OH excluding ortho intramolecular Hbond substituents is 2. The fraction of sp³-hybridized carbons (Fsp3) is 0.409. The van der Waals surface area contributed by atoms with Crippen molar-refractivity contribution in [2.45, 2.75) is 117 Å². The zero-order valence-electron chi connectivity index (χ0n) is 33.7. The van der Waals surface area contributed by atoms with Crippen LogP contribution in [0, 0.1) is 52.4 Å². The number of halogens is 1. The molecule has 12 heteroatoms. The van der Waals surface area contributed by atoms with Gasteiger partial charge in [0.25, 0.3) is 0 Å². The summed E-state index contributed by atoms with van der Waals surface area (Å²) in [6.07, 6.45) is 2.91. The second-order valence-electron chi connectivity index (χ2n) is 16.0. The van der Waals surface area contributed by atoms with E-state index in [0.29, 0.717) is 48.6 Å². The van der Waals surface area contributed by atoms with Crippen molar-refractivity contribution in [3.8, 4) is 23.0 Å². The molecule has 2 aliphatic rings. The van der Waals surface area contributed by atoms with Crippen molar-refractivity contribution in [1.29, 1.82) is 10.8 Å². The molecule has 0 saturated heterocycles. The number of phenols is 2. The average molecular weight is 785 g/mol. The molecule has 11 nitrogen and oxygen atoms in total. The third-order valence-corrected chi connectivity index (χ3v) is 11.8. The van der Waals surface area contributed by atoms with Crippen molar-refractivity contribution in [1.82, 2.24) is 0 Å². The predicted molar refractivity (Wildman–Crippen MR) is 226 cm³/mol. The van der Waals surface area contributed by atoms with E-state index in [2.05, 4.69) is 24.5 Å². The molecule has 4 unspecified atom stereocenters. The van der Waals surface area contributed by atoms with Gasteiger partial charge in [0.2, 0.25) is 0 Å². The Balaban J connectivity index is 0.00000600. The molecule has 6 rings (SSSR count). The summed E-state index contributed by atoms with van der Waals surface area (Å²) >= 11 is 0. The Morgan fingerprint density at radius 1 is 0.679 bits per heavy atom. The molecule has 4 aromatic carbocycles. The van der Waals surface area contributed by atoms with Crippen molar-refractivity contribution in [2.24, 2.45) is 11.5 Å². The van der Waals surface area contributed by atoms with Gasteiger partial charge in [0, 0.05) is 35.3 Å². The molecule has 10 N–H and O–H groups in total. The summed E-state index contributed by atoms with van der Waals surface area (Å²) in [5.41, 5.74) is 20.6. The number of guanidine groups is 2. The molecule has 0 bridgehead atoms. The van der Waals surface area contributed by atoms with E-state index in [-0.39, 0.29) is 24.3 Å². The number of benzene rings is 4. The lowest BCUT2D eigenvalue weighted by Crippen LogP contribution is -2.41. The molecule has 56 heavy (non-hydrogen) atoms. The van der Waals surface area contributed by atoms with Gasteiger partial charge in [0.1, 0.15) is 34.2 Å². The van der Waals surface area contributed by atoms with Crippen LogP contribution in [0.3, 0.4) is 0 Å². The van der Waals surface area contributed by atoms with E-state index in [9.17, 15) is 10.2 Å². The van der Waals surface area contributed by atoms with Crippen LogP contribution in [-0.2, 0) is 17.6 Å². The Morgan fingerprint density at radius 3 is 1.41 bits per heavy atom. The third kappa shape index (κ3) is 8.49. The van der Waals surface area contributed by atoms with E-state index in [4.69, 9.17) is 36.5 Å². The van der Waals surface area contributed by atoms with Gasteiger partial charge in [-0.3, -0.25) is 10.8 Å². The molecule has 0 aromatic heterocycles. The first-order valence-electron chi connectivity index (χ1n) is 19.0. The standard InChI is InChI=1S/C44H56N6O5.ClH/c1-23-25(3)39-33(27(5)37(23)51)15-17-43(7,54-39)21-35(29-11-9-13-31(19-29)49-41(45)46)53-36(30-12-10-14-32(20-30)50-42(47)48)22-44(8)18-16-34-28(6)38(52)24(2)26(4)40(34)55-44;/h9-14,19-20,35-36,51-52H,15-18,21-22H2,1-8H3,(H4,45,46,49)(H4,47,48,50);1H. The molecule has 4 aromatic rings. The number of anilines is 2. The van der Waals surface area contributed by atoms with E-state index >= 15 is 0 Å². The highest BCUT2D eigenvalue weighted by Gasteiger charge is 2.41. The SMILES string of the molecule is Cc1c(C)c2c(c(C)c1O)CCC(C)(CC(OC(CC1(C)CCc3c(C)c(O)c(C)c(C)c3O1)c1cccc(NC(=N)N)c1)c1cccc(NC(=N)N)c1)O2.Cl. The summed E-state index contributed by atoms with van der Waals surface area (Å²) in [6, 6.07) is 15.6. The highest BCUT2D eigenvalue weighted by molar-refractivity contribution is 5.90. The van der Waals surface area contributed by atoms with Crippen LogP contribution >= 0.6 is 12.4 Å². The molecule has 0 radical (unpaired) electrons. The van der Waals surface area contributed by atoms with E-state index in [1.807, 2.05) is 90.1 Å². The number of ether oxygens (including phenoxy) is 3. The molecule has 2 aliphatic heterocycles. The van der Waals surface area contributed by atoms with Gasteiger partial charge >= 0.3 is 0 Å². The summed E-state index contributed by atoms with van der Waals surface area (Å²) in [5.74, 6) is 1.95. The Morgan fingerprint density at radius 2 is 1.05 bits per heavy atom. The molecule has 2 heterocycles. The van der Waals surface area contributed by atoms with Gasteiger partial charge in [0.15, 0.2) is 11.9 Å². The Labute approximate surface area is 336 Å². The molecule has 4 atom stereocenters. The molecular formula is C44H57ClN6O5. The maximum absolute atomic E-state index is 10.8. The Kier molecular flexibility index (Phi) is 12.1. The number of hydrogen-bond acceptors (Lipinski definition) is 7. The number of fused-ring (bicyclic) bond motifs is 2. The van der Waals surface area contributed by atoms with Gasteiger partial charge in [-0.15, -0.1) is 12.4 Å². The molecule has 0 spiro atoms. The lowest BCUT2D eigenvalue weighted by Gasteiger charge is -2.42. The second kappa shape index (κ2) is 16.2. The van der Waals surface area contributed by atoms with Crippen molar-refractivity contribution in [3.63, 3.8) is 0 Å². The molecule has 0 saturated carbocycles. The third-order valence-electron chi connectivity index (χ3n) is 11.8. The normalized spacial score (nSPS) is 19.6. The van der Waals surface area contributed by atoms with Gasteiger partial charge < -0.3 is 46.5 Å².